The summed E-state index contributed by atoms with van der Waals surface area (Å²) in [5.74, 6) is 0.968. The first-order valence-corrected chi connectivity index (χ1v) is 5.83. The number of halogens is 3. The molecule has 0 heterocycles. The predicted octanol–water partition coefficient (Wildman–Crippen LogP) is 3.54. The van der Waals surface area contributed by atoms with Crippen LogP contribution in [-0.2, 0) is 0 Å². The molecule has 3 unspecified atom stereocenters. The summed E-state index contributed by atoms with van der Waals surface area (Å²) < 4.78 is 38.7. The third kappa shape index (κ3) is 3.22. The van der Waals surface area contributed by atoms with Crippen LogP contribution in [0, 0.1) is 11.8 Å². The van der Waals surface area contributed by atoms with Crippen LogP contribution in [-0.4, -0.2) is 12.7 Å². The third-order valence-corrected chi connectivity index (χ3v) is 3.32. The second-order valence-electron chi connectivity index (χ2n) is 4.77. The summed E-state index contributed by atoms with van der Waals surface area (Å²) in [4.78, 5) is 0. The Morgan fingerprint density at radius 2 is 1.88 bits per heavy atom. The minimum Gasteiger partial charge on any atom is -0.302 e. The van der Waals surface area contributed by atoms with Crippen LogP contribution in [0.2, 0.25) is 0 Å². The molecule has 0 aromatic heterocycles. The van der Waals surface area contributed by atoms with Crippen molar-refractivity contribution < 1.29 is 13.2 Å². The number of nitrogens with one attached hydrogen (secondary N) is 1. The highest BCUT2D eigenvalue weighted by atomic mass is 19.4. The second-order valence-corrected chi connectivity index (χ2v) is 4.77. The first-order chi connectivity index (χ1) is 7.98. The van der Waals surface area contributed by atoms with E-state index >= 15 is 0 Å². The van der Waals surface area contributed by atoms with Crippen LogP contribution in [0.3, 0.4) is 0 Å². The fourth-order valence-corrected chi connectivity index (χ4v) is 2.02. The number of benzene rings is 1. The van der Waals surface area contributed by atoms with E-state index in [2.05, 4.69) is 12.2 Å². The molecule has 4 heteroatoms. The molecule has 1 aromatic carbocycles. The van der Waals surface area contributed by atoms with E-state index in [9.17, 15) is 13.2 Å². The Morgan fingerprint density at radius 1 is 1.29 bits per heavy atom. The van der Waals surface area contributed by atoms with E-state index in [0.717, 1.165) is 6.42 Å². The minimum atomic E-state index is -4.24. The lowest BCUT2D eigenvalue weighted by Crippen LogP contribution is -2.35. The lowest BCUT2D eigenvalue weighted by molar-refractivity contribution is -0.157. The average Bonchev–Trinajstić information content (AvgIpc) is 2.94. The highest BCUT2D eigenvalue weighted by molar-refractivity contribution is 5.20. The van der Waals surface area contributed by atoms with Crippen molar-refractivity contribution in [3.05, 3.63) is 35.9 Å². The first kappa shape index (κ1) is 12.4. The van der Waals surface area contributed by atoms with Gasteiger partial charge >= 0.3 is 6.18 Å². The molecule has 2 rings (SSSR count). The zero-order chi connectivity index (χ0) is 12.5. The summed E-state index contributed by atoms with van der Waals surface area (Å²) in [7, 11) is 0. The Morgan fingerprint density at radius 3 is 2.35 bits per heavy atom. The predicted molar refractivity (Wildman–Crippen MR) is 60.5 cm³/mol. The van der Waals surface area contributed by atoms with Crippen LogP contribution in [0.15, 0.2) is 30.3 Å². The highest BCUT2D eigenvalue weighted by Gasteiger charge is 2.42. The second kappa shape index (κ2) is 4.69. The van der Waals surface area contributed by atoms with Crippen molar-refractivity contribution in [1.29, 1.82) is 0 Å². The van der Waals surface area contributed by atoms with E-state index in [1.807, 2.05) is 0 Å². The quantitative estimate of drug-likeness (QED) is 0.853. The van der Waals surface area contributed by atoms with Crippen molar-refractivity contribution in [3.8, 4) is 0 Å². The number of rotatable bonds is 4. The Kier molecular flexibility index (Phi) is 3.43. The fraction of sp³-hybridized carbons (Fsp3) is 0.538. The van der Waals surface area contributed by atoms with Crippen LogP contribution in [0.4, 0.5) is 13.2 Å². The molecule has 1 aliphatic carbocycles. The Hall–Kier alpha value is -1.03. The standard InChI is InChI=1S/C13H16F3N/c1-9-7-11(9)8-17-12(13(14,15)16)10-5-3-2-4-6-10/h2-6,9,11-12,17H,7-8H2,1H3. The summed E-state index contributed by atoms with van der Waals surface area (Å²) in [6.07, 6.45) is -3.20. The zero-order valence-corrected chi connectivity index (χ0v) is 9.67. The lowest BCUT2D eigenvalue weighted by Gasteiger charge is -2.22. The van der Waals surface area contributed by atoms with Crippen LogP contribution < -0.4 is 5.32 Å². The number of hydrogen-bond acceptors (Lipinski definition) is 1. The van der Waals surface area contributed by atoms with E-state index in [-0.39, 0.29) is 5.56 Å². The summed E-state index contributed by atoms with van der Waals surface area (Å²) in [6, 6.07) is 6.48. The monoisotopic (exact) mass is 243 g/mol. The molecule has 0 aliphatic heterocycles. The molecule has 1 nitrogen and oxygen atoms in total. The normalized spacial score (nSPS) is 25.6. The van der Waals surface area contributed by atoms with Crippen molar-refractivity contribution in [2.24, 2.45) is 11.8 Å². The summed E-state index contributed by atoms with van der Waals surface area (Å²) >= 11 is 0. The van der Waals surface area contributed by atoms with Gasteiger partial charge in [0.25, 0.3) is 0 Å². The zero-order valence-electron chi connectivity index (χ0n) is 9.67. The van der Waals surface area contributed by atoms with Gasteiger partial charge in [-0.3, -0.25) is 0 Å². The molecular weight excluding hydrogens is 227 g/mol. The lowest BCUT2D eigenvalue weighted by atomic mass is 10.1. The van der Waals surface area contributed by atoms with Gasteiger partial charge in [-0.2, -0.15) is 13.2 Å². The van der Waals surface area contributed by atoms with E-state index in [4.69, 9.17) is 0 Å². The third-order valence-electron chi connectivity index (χ3n) is 3.32. The maximum absolute atomic E-state index is 12.9. The smallest absolute Gasteiger partial charge is 0.302 e. The minimum absolute atomic E-state index is 0.285. The van der Waals surface area contributed by atoms with Crippen LogP contribution >= 0.6 is 0 Å². The summed E-state index contributed by atoms with van der Waals surface area (Å²) in [5.41, 5.74) is 0.285. The number of hydrogen-bond donors (Lipinski definition) is 1. The first-order valence-electron chi connectivity index (χ1n) is 5.83. The van der Waals surface area contributed by atoms with Crippen molar-refractivity contribution >= 4 is 0 Å². The van der Waals surface area contributed by atoms with Gasteiger partial charge in [0, 0.05) is 0 Å². The summed E-state index contributed by atoms with van der Waals surface area (Å²) in [6.45, 7) is 2.51. The Labute approximate surface area is 99.0 Å². The van der Waals surface area contributed by atoms with Gasteiger partial charge in [0.05, 0.1) is 0 Å². The van der Waals surface area contributed by atoms with Crippen molar-refractivity contribution in [1.82, 2.24) is 5.32 Å². The molecule has 0 bridgehead atoms. The molecule has 0 radical (unpaired) electrons. The van der Waals surface area contributed by atoms with E-state index in [1.165, 1.54) is 12.1 Å². The van der Waals surface area contributed by atoms with Gasteiger partial charge in [-0.15, -0.1) is 0 Å². The van der Waals surface area contributed by atoms with Gasteiger partial charge in [0.2, 0.25) is 0 Å². The molecule has 0 amide bonds. The van der Waals surface area contributed by atoms with Gasteiger partial charge in [-0.05, 0) is 30.4 Å². The maximum atomic E-state index is 12.9. The van der Waals surface area contributed by atoms with E-state index < -0.39 is 12.2 Å². The Balaban J connectivity index is 2.03. The molecule has 17 heavy (non-hydrogen) atoms. The van der Waals surface area contributed by atoms with Crippen molar-refractivity contribution in [3.63, 3.8) is 0 Å². The fourth-order valence-electron chi connectivity index (χ4n) is 2.02. The van der Waals surface area contributed by atoms with Gasteiger partial charge in [0.1, 0.15) is 6.04 Å². The largest absolute Gasteiger partial charge is 0.407 e. The number of alkyl halides is 3. The molecule has 1 fully saturated rings. The van der Waals surface area contributed by atoms with Gasteiger partial charge in [-0.25, -0.2) is 0 Å². The molecule has 1 aliphatic rings. The van der Waals surface area contributed by atoms with Gasteiger partial charge in [-0.1, -0.05) is 37.3 Å². The topological polar surface area (TPSA) is 12.0 Å². The molecule has 1 aromatic rings. The van der Waals surface area contributed by atoms with Crippen molar-refractivity contribution in [2.45, 2.75) is 25.6 Å². The molecule has 1 saturated carbocycles. The maximum Gasteiger partial charge on any atom is 0.407 e. The SMILES string of the molecule is CC1CC1CNC(c1ccccc1)C(F)(F)F. The molecule has 1 N–H and O–H groups in total. The van der Waals surface area contributed by atoms with Crippen LogP contribution in [0.1, 0.15) is 24.9 Å². The van der Waals surface area contributed by atoms with E-state index in [0.29, 0.717) is 18.4 Å². The van der Waals surface area contributed by atoms with Gasteiger partial charge < -0.3 is 5.32 Å². The molecule has 94 valence electrons. The highest BCUT2D eigenvalue weighted by Crippen LogP contribution is 2.39. The molecule has 3 atom stereocenters. The summed E-state index contributed by atoms with van der Waals surface area (Å²) in [5, 5.41) is 2.64. The van der Waals surface area contributed by atoms with Gasteiger partial charge in [0.15, 0.2) is 0 Å². The molecule has 0 saturated heterocycles. The van der Waals surface area contributed by atoms with Crippen LogP contribution in [0.25, 0.3) is 0 Å². The molecule has 0 spiro atoms. The Bertz CT molecular complexity index is 361. The molecular formula is C13H16F3N. The van der Waals surface area contributed by atoms with Crippen molar-refractivity contribution in [2.75, 3.05) is 6.54 Å². The van der Waals surface area contributed by atoms with E-state index in [1.54, 1.807) is 18.2 Å². The van der Waals surface area contributed by atoms with Crippen LogP contribution in [0.5, 0.6) is 0 Å². The average molecular weight is 243 g/mol.